The number of H-pyrrole nitrogens is 1. The molecule has 2 heterocycles. The van der Waals surface area contributed by atoms with E-state index in [0.29, 0.717) is 6.54 Å². The van der Waals surface area contributed by atoms with E-state index in [9.17, 15) is 4.79 Å². The molecular weight excluding hydrogens is 300 g/mol. The summed E-state index contributed by atoms with van der Waals surface area (Å²) < 4.78 is 1.78. The molecule has 0 saturated heterocycles. The van der Waals surface area contributed by atoms with Crippen LogP contribution in [0.25, 0.3) is 10.9 Å². The van der Waals surface area contributed by atoms with E-state index in [-0.39, 0.29) is 11.8 Å². The molecule has 5 heteroatoms. The Bertz CT molecular complexity index is 905. The van der Waals surface area contributed by atoms with Crippen LogP contribution in [0.1, 0.15) is 41.3 Å². The maximum absolute atomic E-state index is 12.8. The molecule has 4 rings (SSSR count). The van der Waals surface area contributed by atoms with Gasteiger partial charge in [0.1, 0.15) is 0 Å². The number of fused-ring (bicyclic) bond motifs is 3. The lowest BCUT2D eigenvalue weighted by atomic mass is 9.86. The number of hydrogen-bond acceptors (Lipinski definition) is 2. The summed E-state index contributed by atoms with van der Waals surface area (Å²) in [4.78, 5) is 16.3. The van der Waals surface area contributed by atoms with Crippen LogP contribution in [0.5, 0.6) is 0 Å². The molecule has 1 aromatic carbocycles. The zero-order valence-corrected chi connectivity index (χ0v) is 14.1. The van der Waals surface area contributed by atoms with Crippen LogP contribution in [-0.4, -0.2) is 20.7 Å². The first-order chi connectivity index (χ1) is 11.6. The van der Waals surface area contributed by atoms with Gasteiger partial charge in [0.2, 0.25) is 5.91 Å². The maximum atomic E-state index is 12.8. The molecule has 5 nitrogen and oxygen atoms in total. The van der Waals surface area contributed by atoms with Crippen molar-refractivity contribution in [2.75, 3.05) is 0 Å². The third kappa shape index (κ3) is 2.50. The summed E-state index contributed by atoms with van der Waals surface area (Å²) in [6.07, 6.45) is 4.96. The molecule has 1 aliphatic carbocycles. The molecule has 1 unspecified atom stereocenters. The molecule has 0 bridgehead atoms. The van der Waals surface area contributed by atoms with E-state index in [1.165, 1.54) is 10.9 Å². The summed E-state index contributed by atoms with van der Waals surface area (Å²) in [7, 11) is 1.90. The fraction of sp³-hybridized carbons (Fsp3) is 0.368. The number of aryl methyl sites for hydroxylation is 3. The van der Waals surface area contributed by atoms with Crippen molar-refractivity contribution in [2.24, 2.45) is 7.05 Å². The first-order valence-electron chi connectivity index (χ1n) is 8.50. The Morgan fingerprint density at radius 1 is 1.42 bits per heavy atom. The lowest BCUT2D eigenvalue weighted by Gasteiger charge is -2.22. The Morgan fingerprint density at radius 3 is 3.04 bits per heavy atom. The van der Waals surface area contributed by atoms with Crippen molar-refractivity contribution in [2.45, 2.75) is 38.6 Å². The van der Waals surface area contributed by atoms with Gasteiger partial charge in [-0.1, -0.05) is 18.2 Å². The van der Waals surface area contributed by atoms with Crippen molar-refractivity contribution >= 4 is 16.8 Å². The lowest BCUT2D eigenvalue weighted by molar-refractivity contribution is -0.123. The van der Waals surface area contributed by atoms with Gasteiger partial charge in [-0.15, -0.1) is 0 Å². The fourth-order valence-electron chi connectivity index (χ4n) is 3.80. The van der Waals surface area contributed by atoms with E-state index in [1.54, 1.807) is 4.68 Å². The first kappa shape index (κ1) is 15.0. The van der Waals surface area contributed by atoms with Crippen LogP contribution in [0.15, 0.2) is 30.5 Å². The highest BCUT2D eigenvalue weighted by molar-refractivity contribution is 5.90. The number of aromatic amines is 1. The standard InChI is InChI=1S/C19H22N4O/c1-12-13(11-23(2)22-12)10-20-19(24)16-8-5-7-15-14-6-3-4-9-17(14)21-18(15)16/h3-4,6,9,11,16,21H,5,7-8,10H2,1-2H3,(H,20,24). The third-order valence-corrected chi connectivity index (χ3v) is 5.00. The van der Waals surface area contributed by atoms with E-state index >= 15 is 0 Å². The van der Waals surface area contributed by atoms with Crippen LogP contribution in [0.4, 0.5) is 0 Å². The van der Waals surface area contributed by atoms with Crippen LogP contribution in [0, 0.1) is 6.92 Å². The number of nitrogens with one attached hydrogen (secondary N) is 2. The van der Waals surface area contributed by atoms with Gasteiger partial charge < -0.3 is 10.3 Å². The summed E-state index contributed by atoms with van der Waals surface area (Å²) in [5.41, 5.74) is 5.58. The summed E-state index contributed by atoms with van der Waals surface area (Å²) in [6, 6.07) is 8.32. The Balaban J connectivity index is 1.57. The molecule has 0 spiro atoms. The summed E-state index contributed by atoms with van der Waals surface area (Å²) in [5.74, 6) is 0.0175. The predicted molar refractivity (Wildman–Crippen MR) is 93.8 cm³/mol. The second-order valence-electron chi connectivity index (χ2n) is 6.64. The van der Waals surface area contributed by atoms with Gasteiger partial charge >= 0.3 is 0 Å². The van der Waals surface area contributed by atoms with Gasteiger partial charge in [0.05, 0.1) is 11.6 Å². The number of carbonyl (C=O) groups is 1. The number of nitrogens with zero attached hydrogens (tertiary/aromatic N) is 2. The minimum atomic E-state index is -0.0851. The van der Waals surface area contributed by atoms with Gasteiger partial charge in [0, 0.05) is 41.9 Å². The summed E-state index contributed by atoms with van der Waals surface area (Å²) >= 11 is 0. The normalized spacial score (nSPS) is 17.0. The van der Waals surface area contributed by atoms with E-state index in [0.717, 1.165) is 41.7 Å². The molecule has 24 heavy (non-hydrogen) atoms. The summed E-state index contributed by atoms with van der Waals surface area (Å²) in [5, 5.41) is 8.68. The van der Waals surface area contributed by atoms with Crippen LogP contribution in [0.3, 0.4) is 0 Å². The molecule has 0 aliphatic heterocycles. The van der Waals surface area contributed by atoms with Crippen LogP contribution < -0.4 is 5.32 Å². The lowest BCUT2D eigenvalue weighted by Crippen LogP contribution is -2.31. The molecule has 0 fully saturated rings. The van der Waals surface area contributed by atoms with Crippen LogP contribution in [-0.2, 0) is 24.8 Å². The number of para-hydroxylation sites is 1. The number of aromatic nitrogens is 3. The highest BCUT2D eigenvalue weighted by Crippen LogP contribution is 2.36. The van der Waals surface area contributed by atoms with Crippen LogP contribution in [0.2, 0.25) is 0 Å². The minimum absolute atomic E-state index is 0.0851. The first-order valence-corrected chi connectivity index (χ1v) is 8.50. The average Bonchev–Trinajstić information content (AvgIpc) is 3.11. The molecule has 2 aromatic heterocycles. The molecular formula is C19H22N4O. The van der Waals surface area contributed by atoms with Gasteiger partial charge in [-0.25, -0.2) is 0 Å². The van der Waals surface area contributed by atoms with Gasteiger partial charge in [-0.2, -0.15) is 5.10 Å². The van der Waals surface area contributed by atoms with Crippen molar-refractivity contribution in [1.29, 1.82) is 0 Å². The van der Waals surface area contributed by atoms with Crippen LogP contribution >= 0.6 is 0 Å². The number of carbonyl (C=O) groups excluding carboxylic acids is 1. The molecule has 1 atom stereocenters. The van der Waals surface area contributed by atoms with Gasteiger partial charge in [0.25, 0.3) is 0 Å². The van der Waals surface area contributed by atoms with Crippen molar-refractivity contribution in [3.63, 3.8) is 0 Å². The average molecular weight is 322 g/mol. The molecule has 1 amide bonds. The largest absolute Gasteiger partial charge is 0.357 e. The van der Waals surface area contributed by atoms with Crippen molar-refractivity contribution in [3.05, 3.63) is 53.0 Å². The van der Waals surface area contributed by atoms with Gasteiger partial charge in [-0.3, -0.25) is 9.48 Å². The zero-order valence-electron chi connectivity index (χ0n) is 14.1. The SMILES string of the molecule is Cc1nn(C)cc1CNC(=O)C1CCCc2c1[nH]c1ccccc21. The van der Waals surface area contributed by atoms with E-state index in [4.69, 9.17) is 0 Å². The maximum Gasteiger partial charge on any atom is 0.229 e. The molecule has 124 valence electrons. The molecule has 2 N–H and O–H groups in total. The number of hydrogen-bond donors (Lipinski definition) is 2. The van der Waals surface area contributed by atoms with Crippen molar-refractivity contribution in [1.82, 2.24) is 20.1 Å². The number of amides is 1. The third-order valence-electron chi connectivity index (χ3n) is 5.00. The van der Waals surface area contributed by atoms with E-state index < -0.39 is 0 Å². The predicted octanol–water partition coefficient (Wildman–Crippen LogP) is 2.95. The second kappa shape index (κ2) is 5.82. The topological polar surface area (TPSA) is 62.7 Å². The monoisotopic (exact) mass is 322 g/mol. The Hall–Kier alpha value is -2.56. The van der Waals surface area contributed by atoms with Crippen molar-refractivity contribution < 1.29 is 4.79 Å². The van der Waals surface area contributed by atoms with Gasteiger partial charge in [0.15, 0.2) is 0 Å². The molecule has 0 radical (unpaired) electrons. The summed E-state index contributed by atoms with van der Waals surface area (Å²) in [6.45, 7) is 2.50. The van der Waals surface area contributed by atoms with E-state index in [1.807, 2.05) is 26.2 Å². The highest BCUT2D eigenvalue weighted by Gasteiger charge is 2.29. The van der Waals surface area contributed by atoms with Crippen molar-refractivity contribution in [3.8, 4) is 0 Å². The number of rotatable bonds is 3. The van der Waals surface area contributed by atoms with E-state index in [2.05, 4.69) is 33.6 Å². The van der Waals surface area contributed by atoms with Gasteiger partial charge in [-0.05, 0) is 37.8 Å². The smallest absolute Gasteiger partial charge is 0.229 e. The quantitative estimate of drug-likeness (QED) is 0.779. The highest BCUT2D eigenvalue weighted by atomic mass is 16.1. The zero-order chi connectivity index (χ0) is 16.7. The molecule has 0 saturated carbocycles. The Kier molecular flexibility index (Phi) is 3.63. The fourth-order valence-corrected chi connectivity index (χ4v) is 3.80. The number of benzene rings is 1. The Labute approximate surface area is 141 Å². The molecule has 1 aliphatic rings. The molecule has 3 aromatic rings. The Morgan fingerprint density at radius 2 is 2.25 bits per heavy atom. The minimum Gasteiger partial charge on any atom is -0.357 e. The second-order valence-corrected chi connectivity index (χ2v) is 6.64.